The number of rotatable bonds is 4. The largest absolute Gasteiger partial charge is 0.351 e. The molecule has 1 saturated heterocycles. The summed E-state index contributed by atoms with van der Waals surface area (Å²) in [4.78, 5) is 23.9. The third kappa shape index (κ3) is 5.14. The van der Waals surface area contributed by atoms with E-state index in [0.29, 0.717) is 18.9 Å². The average molecular weight is 242 g/mol. The lowest BCUT2D eigenvalue weighted by molar-refractivity contribution is -0.120. The molecule has 3 amide bonds. The summed E-state index contributed by atoms with van der Waals surface area (Å²) in [7, 11) is 0. The van der Waals surface area contributed by atoms with Crippen molar-refractivity contribution in [2.45, 2.75) is 32.2 Å². The Morgan fingerprint density at radius 1 is 1.53 bits per heavy atom. The Kier molecular flexibility index (Phi) is 5.37. The molecule has 6 heteroatoms. The fourth-order valence-corrected chi connectivity index (χ4v) is 2.18. The van der Waals surface area contributed by atoms with Crippen LogP contribution in [0.3, 0.4) is 0 Å². The van der Waals surface area contributed by atoms with E-state index in [2.05, 4.69) is 10.2 Å². The van der Waals surface area contributed by atoms with Crippen molar-refractivity contribution in [3.8, 4) is 0 Å². The summed E-state index contributed by atoms with van der Waals surface area (Å²) in [5.74, 6) is 0.184. The van der Waals surface area contributed by atoms with Gasteiger partial charge < -0.3 is 16.4 Å². The molecule has 1 rings (SSSR count). The van der Waals surface area contributed by atoms with Crippen LogP contribution in [0, 0.1) is 5.92 Å². The van der Waals surface area contributed by atoms with Crippen LogP contribution in [-0.4, -0.2) is 42.5 Å². The Morgan fingerprint density at radius 3 is 2.82 bits per heavy atom. The first-order valence-electron chi connectivity index (χ1n) is 6.06. The van der Waals surface area contributed by atoms with Crippen LogP contribution in [0.5, 0.6) is 0 Å². The van der Waals surface area contributed by atoms with E-state index in [0.717, 1.165) is 25.9 Å². The number of piperidine rings is 1. The predicted molar refractivity (Wildman–Crippen MR) is 65.2 cm³/mol. The number of amides is 3. The lowest BCUT2D eigenvalue weighted by Gasteiger charge is -2.34. The lowest BCUT2D eigenvalue weighted by atomic mass is 9.92. The van der Waals surface area contributed by atoms with Gasteiger partial charge in [0.15, 0.2) is 0 Å². The number of nitrogens with two attached hydrogens (primary N) is 2. The SMILES string of the molecule is CC(N)C1CCCN(CCC(=O)NC(N)=O)C1. The van der Waals surface area contributed by atoms with Gasteiger partial charge in [-0.25, -0.2) is 4.79 Å². The van der Waals surface area contributed by atoms with Crippen LogP contribution in [0.2, 0.25) is 0 Å². The zero-order chi connectivity index (χ0) is 12.8. The third-order valence-corrected chi connectivity index (χ3v) is 3.20. The number of hydrogen-bond donors (Lipinski definition) is 3. The Morgan fingerprint density at radius 2 is 2.24 bits per heavy atom. The number of nitrogens with one attached hydrogen (secondary N) is 1. The Bertz CT molecular complexity index is 281. The molecule has 17 heavy (non-hydrogen) atoms. The van der Waals surface area contributed by atoms with E-state index in [-0.39, 0.29) is 11.9 Å². The zero-order valence-electron chi connectivity index (χ0n) is 10.3. The van der Waals surface area contributed by atoms with Crippen molar-refractivity contribution in [1.29, 1.82) is 0 Å². The molecule has 2 unspecified atom stereocenters. The van der Waals surface area contributed by atoms with Crippen molar-refractivity contribution in [2.24, 2.45) is 17.4 Å². The van der Waals surface area contributed by atoms with Gasteiger partial charge in [-0.1, -0.05) is 0 Å². The van der Waals surface area contributed by atoms with E-state index in [1.807, 2.05) is 6.92 Å². The van der Waals surface area contributed by atoms with Gasteiger partial charge in [0.1, 0.15) is 0 Å². The number of carbonyl (C=O) groups is 2. The molecule has 0 aromatic heterocycles. The summed E-state index contributed by atoms with van der Waals surface area (Å²) < 4.78 is 0. The number of imide groups is 1. The highest BCUT2D eigenvalue weighted by atomic mass is 16.2. The second-order valence-corrected chi connectivity index (χ2v) is 4.72. The molecule has 1 fully saturated rings. The molecule has 2 atom stereocenters. The van der Waals surface area contributed by atoms with Crippen LogP contribution in [0.1, 0.15) is 26.2 Å². The van der Waals surface area contributed by atoms with Crippen LogP contribution in [0.25, 0.3) is 0 Å². The van der Waals surface area contributed by atoms with Gasteiger partial charge in [-0.15, -0.1) is 0 Å². The second-order valence-electron chi connectivity index (χ2n) is 4.72. The van der Waals surface area contributed by atoms with E-state index in [9.17, 15) is 9.59 Å². The topological polar surface area (TPSA) is 101 Å². The summed E-state index contributed by atoms with van der Waals surface area (Å²) in [6, 6.07) is -0.598. The van der Waals surface area contributed by atoms with Gasteiger partial charge in [-0.3, -0.25) is 10.1 Å². The number of nitrogens with zero attached hydrogens (tertiary/aromatic N) is 1. The maximum atomic E-state index is 11.2. The summed E-state index contributed by atoms with van der Waals surface area (Å²) in [5.41, 5.74) is 10.7. The minimum absolute atomic E-state index is 0.192. The quantitative estimate of drug-likeness (QED) is 0.626. The standard InChI is InChI=1S/C11H22N4O2/c1-8(12)9-3-2-5-15(7-9)6-4-10(16)14-11(13)17/h8-9H,2-7,12H2,1H3,(H3,13,14,16,17). The molecular weight excluding hydrogens is 220 g/mol. The first-order chi connectivity index (χ1) is 7.99. The summed E-state index contributed by atoms with van der Waals surface area (Å²) >= 11 is 0. The minimum Gasteiger partial charge on any atom is -0.351 e. The van der Waals surface area contributed by atoms with E-state index in [4.69, 9.17) is 11.5 Å². The minimum atomic E-state index is -0.790. The fourth-order valence-electron chi connectivity index (χ4n) is 2.18. The molecule has 98 valence electrons. The average Bonchev–Trinajstić information content (AvgIpc) is 2.26. The summed E-state index contributed by atoms with van der Waals surface area (Å²) in [6.45, 7) is 4.60. The van der Waals surface area contributed by atoms with E-state index < -0.39 is 6.03 Å². The van der Waals surface area contributed by atoms with Gasteiger partial charge in [0.05, 0.1) is 0 Å². The van der Waals surface area contributed by atoms with Crippen LogP contribution < -0.4 is 16.8 Å². The smallest absolute Gasteiger partial charge is 0.318 e. The summed E-state index contributed by atoms with van der Waals surface area (Å²) in [5, 5.41) is 2.06. The van der Waals surface area contributed by atoms with Crippen LogP contribution in [0.4, 0.5) is 4.79 Å². The fraction of sp³-hybridized carbons (Fsp3) is 0.818. The number of likely N-dealkylation sites (tertiary alicyclic amines) is 1. The highest BCUT2D eigenvalue weighted by Gasteiger charge is 2.22. The maximum absolute atomic E-state index is 11.2. The van der Waals surface area contributed by atoms with Crippen molar-refractivity contribution < 1.29 is 9.59 Å². The molecule has 1 heterocycles. The van der Waals surface area contributed by atoms with Crippen molar-refractivity contribution in [1.82, 2.24) is 10.2 Å². The molecule has 0 saturated carbocycles. The van der Waals surface area contributed by atoms with E-state index in [1.165, 1.54) is 0 Å². The molecule has 5 N–H and O–H groups in total. The first kappa shape index (κ1) is 13.9. The molecular formula is C11H22N4O2. The molecule has 0 spiro atoms. The molecule has 0 aromatic carbocycles. The number of hydrogen-bond acceptors (Lipinski definition) is 4. The van der Waals surface area contributed by atoms with Crippen LogP contribution >= 0.6 is 0 Å². The highest BCUT2D eigenvalue weighted by molar-refractivity contribution is 5.93. The Labute approximate surface area is 102 Å². The van der Waals surface area contributed by atoms with Gasteiger partial charge in [0.2, 0.25) is 5.91 Å². The lowest BCUT2D eigenvalue weighted by Crippen LogP contribution is -2.44. The molecule has 0 aromatic rings. The molecule has 1 aliphatic rings. The molecule has 6 nitrogen and oxygen atoms in total. The molecule has 0 radical (unpaired) electrons. The van der Waals surface area contributed by atoms with Gasteiger partial charge in [-0.05, 0) is 32.2 Å². The van der Waals surface area contributed by atoms with Crippen molar-refractivity contribution in [2.75, 3.05) is 19.6 Å². The zero-order valence-corrected chi connectivity index (χ0v) is 10.3. The Balaban J connectivity index is 2.27. The van der Waals surface area contributed by atoms with Gasteiger partial charge in [0.25, 0.3) is 0 Å². The number of urea groups is 1. The van der Waals surface area contributed by atoms with E-state index in [1.54, 1.807) is 0 Å². The van der Waals surface area contributed by atoms with Crippen molar-refractivity contribution in [3.63, 3.8) is 0 Å². The van der Waals surface area contributed by atoms with Crippen molar-refractivity contribution >= 4 is 11.9 Å². The molecule has 1 aliphatic heterocycles. The molecule has 0 bridgehead atoms. The number of primary amides is 1. The van der Waals surface area contributed by atoms with Gasteiger partial charge in [0, 0.05) is 25.6 Å². The monoisotopic (exact) mass is 242 g/mol. The number of carbonyl (C=O) groups excluding carboxylic acids is 2. The summed E-state index contributed by atoms with van der Waals surface area (Å²) in [6.07, 6.45) is 2.57. The second kappa shape index (κ2) is 6.56. The van der Waals surface area contributed by atoms with Gasteiger partial charge in [-0.2, -0.15) is 0 Å². The normalized spacial score (nSPS) is 23.1. The molecule has 0 aliphatic carbocycles. The maximum Gasteiger partial charge on any atom is 0.318 e. The third-order valence-electron chi connectivity index (χ3n) is 3.20. The Hall–Kier alpha value is -1.14. The van der Waals surface area contributed by atoms with Crippen LogP contribution in [0.15, 0.2) is 0 Å². The van der Waals surface area contributed by atoms with Gasteiger partial charge >= 0.3 is 6.03 Å². The van der Waals surface area contributed by atoms with Crippen LogP contribution in [-0.2, 0) is 4.79 Å². The van der Waals surface area contributed by atoms with E-state index >= 15 is 0 Å². The van der Waals surface area contributed by atoms with Crippen molar-refractivity contribution in [3.05, 3.63) is 0 Å². The first-order valence-corrected chi connectivity index (χ1v) is 6.06. The predicted octanol–water partition coefficient (Wildman–Crippen LogP) is -0.369. The highest BCUT2D eigenvalue weighted by Crippen LogP contribution is 2.18.